The van der Waals surface area contributed by atoms with Gasteiger partial charge in [-0.1, -0.05) is 37.5 Å². The topological polar surface area (TPSA) is 118 Å². The lowest BCUT2D eigenvalue weighted by molar-refractivity contribution is 0.212. The van der Waals surface area contributed by atoms with Crippen LogP contribution in [0.2, 0.25) is 5.15 Å². The maximum absolute atomic E-state index is 11.7. The monoisotopic (exact) mass is 411 g/mol. The van der Waals surface area contributed by atoms with Gasteiger partial charge in [0, 0.05) is 23.1 Å². The third kappa shape index (κ3) is 5.22. The van der Waals surface area contributed by atoms with Crippen molar-refractivity contribution in [3.8, 4) is 5.88 Å². The standard InChI is InChI=1S/C17H22ClN5O3S/c1-5-27(24,25)7-6-11(2)26-16-13-9-20-15(18)8-12(13)14(10-21-16)17(3,4)22-23-19/h8-11H,5-7H2,1-4H3. The first-order valence-corrected chi connectivity index (χ1v) is 10.7. The summed E-state index contributed by atoms with van der Waals surface area (Å²) in [5, 5.41) is 5.45. The van der Waals surface area contributed by atoms with Crippen molar-refractivity contribution < 1.29 is 13.2 Å². The van der Waals surface area contributed by atoms with Crippen LogP contribution in [0.15, 0.2) is 23.6 Å². The SMILES string of the molecule is CCS(=O)(=O)CCC(C)Oc1ncc(C(C)(C)N=[N+]=[N-])c2cc(Cl)ncc12. The van der Waals surface area contributed by atoms with Crippen molar-refractivity contribution in [2.75, 3.05) is 11.5 Å². The van der Waals surface area contributed by atoms with E-state index in [4.69, 9.17) is 21.9 Å². The Labute approximate surface area is 163 Å². The highest BCUT2D eigenvalue weighted by molar-refractivity contribution is 7.91. The van der Waals surface area contributed by atoms with Crippen molar-refractivity contribution in [3.05, 3.63) is 39.6 Å². The Morgan fingerprint density at radius 3 is 2.67 bits per heavy atom. The Hall–Kier alpha value is -2.09. The number of pyridine rings is 2. The fraction of sp³-hybridized carbons (Fsp3) is 0.529. The van der Waals surface area contributed by atoms with Gasteiger partial charge >= 0.3 is 0 Å². The lowest BCUT2D eigenvalue weighted by Crippen LogP contribution is -2.20. The number of fused-ring (bicyclic) bond motifs is 1. The normalized spacial score (nSPS) is 13.2. The number of sulfone groups is 1. The van der Waals surface area contributed by atoms with Crippen molar-refractivity contribution in [1.29, 1.82) is 0 Å². The second-order valence-electron chi connectivity index (χ2n) is 6.73. The number of halogens is 1. The first-order chi connectivity index (χ1) is 12.6. The molecule has 146 valence electrons. The van der Waals surface area contributed by atoms with Gasteiger partial charge in [0.25, 0.3) is 0 Å². The highest BCUT2D eigenvalue weighted by Crippen LogP contribution is 2.35. The molecular formula is C17H22ClN5O3S. The van der Waals surface area contributed by atoms with Gasteiger partial charge in [0.2, 0.25) is 5.88 Å². The lowest BCUT2D eigenvalue weighted by Gasteiger charge is -2.22. The van der Waals surface area contributed by atoms with Crippen LogP contribution in [0.5, 0.6) is 5.88 Å². The van der Waals surface area contributed by atoms with E-state index >= 15 is 0 Å². The zero-order valence-corrected chi connectivity index (χ0v) is 17.3. The van der Waals surface area contributed by atoms with Crippen LogP contribution in [0.25, 0.3) is 21.2 Å². The summed E-state index contributed by atoms with van der Waals surface area (Å²) >= 11 is 6.05. The fourth-order valence-corrected chi connectivity index (χ4v) is 3.71. The van der Waals surface area contributed by atoms with E-state index in [-0.39, 0.29) is 17.6 Å². The summed E-state index contributed by atoms with van der Waals surface area (Å²) in [6.45, 7) is 6.96. The quantitative estimate of drug-likeness (QED) is 0.275. The second kappa shape index (κ2) is 8.29. The lowest BCUT2D eigenvalue weighted by atomic mass is 9.93. The third-order valence-electron chi connectivity index (χ3n) is 4.24. The van der Waals surface area contributed by atoms with Crippen molar-refractivity contribution >= 4 is 32.2 Å². The molecule has 2 heterocycles. The third-order valence-corrected chi connectivity index (χ3v) is 6.19. The molecule has 0 N–H and O–H groups in total. The van der Waals surface area contributed by atoms with Crippen LogP contribution in [0.1, 0.15) is 39.7 Å². The molecule has 1 atom stereocenters. The average molecular weight is 412 g/mol. The molecule has 2 aromatic heterocycles. The van der Waals surface area contributed by atoms with E-state index in [2.05, 4.69) is 20.0 Å². The van der Waals surface area contributed by atoms with Gasteiger partial charge in [-0.3, -0.25) is 0 Å². The Morgan fingerprint density at radius 1 is 1.33 bits per heavy atom. The van der Waals surface area contributed by atoms with Gasteiger partial charge in [0.1, 0.15) is 15.0 Å². The van der Waals surface area contributed by atoms with E-state index in [0.29, 0.717) is 33.8 Å². The first kappa shape index (κ1) is 21.2. The highest BCUT2D eigenvalue weighted by Gasteiger charge is 2.24. The second-order valence-corrected chi connectivity index (χ2v) is 9.59. The molecule has 0 aliphatic rings. The molecule has 0 radical (unpaired) electrons. The minimum absolute atomic E-state index is 0.0503. The van der Waals surface area contributed by atoms with E-state index in [9.17, 15) is 8.42 Å². The van der Waals surface area contributed by atoms with Crippen molar-refractivity contribution in [2.24, 2.45) is 5.11 Å². The van der Waals surface area contributed by atoms with Crippen molar-refractivity contribution in [1.82, 2.24) is 9.97 Å². The predicted molar refractivity (Wildman–Crippen MR) is 106 cm³/mol. The molecule has 27 heavy (non-hydrogen) atoms. The number of hydrogen-bond acceptors (Lipinski definition) is 6. The zero-order valence-electron chi connectivity index (χ0n) is 15.7. The molecule has 0 spiro atoms. The number of ether oxygens (including phenoxy) is 1. The van der Waals surface area contributed by atoms with E-state index in [1.807, 2.05) is 0 Å². The smallest absolute Gasteiger partial charge is 0.223 e. The van der Waals surface area contributed by atoms with Crippen LogP contribution < -0.4 is 4.74 Å². The zero-order chi connectivity index (χ0) is 20.2. The summed E-state index contributed by atoms with van der Waals surface area (Å²) in [5.74, 6) is 0.484. The summed E-state index contributed by atoms with van der Waals surface area (Å²) in [4.78, 5) is 11.3. The minimum Gasteiger partial charge on any atom is -0.474 e. The Kier molecular flexibility index (Phi) is 6.51. The van der Waals surface area contributed by atoms with E-state index in [0.717, 1.165) is 0 Å². The largest absolute Gasteiger partial charge is 0.474 e. The summed E-state index contributed by atoms with van der Waals surface area (Å²) in [6, 6.07) is 1.67. The van der Waals surface area contributed by atoms with E-state index in [1.54, 1.807) is 46.2 Å². The van der Waals surface area contributed by atoms with Gasteiger partial charge in [-0.2, -0.15) is 0 Å². The molecule has 0 saturated carbocycles. The number of nitrogens with zero attached hydrogens (tertiary/aromatic N) is 5. The highest BCUT2D eigenvalue weighted by atomic mass is 35.5. The van der Waals surface area contributed by atoms with Gasteiger partial charge in [-0.25, -0.2) is 18.4 Å². The van der Waals surface area contributed by atoms with Gasteiger partial charge < -0.3 is 4.74 Å². The van der Waals surface area contributed by atoms with Crippen LogP contribution in [-0.4, -0.2) is 36.0 Å². The molecule has 0 aliphatic heterocycles. The molecule has 0 fully saturated rings. The molecule has 1 unspecified atom stereocenters. The van der Waals surface area contributed by atoms with Crippen molar-refractivity contribution in [3.63, 3.8) is 0 Å². The number of hydrogen-bond donors (Lipinski definition) is 0. The number of rotatable bonds is 8. The van der Waals surface area contributed by atoms with Gasteiger partial charge in [-0.15, -0.1) is 0 Å². The van der Waals surface area contributed by atoms with E-state index < -0.39 is 15.4 Å². The van der Waals surface area contributed by atoms with Gasteiger partial charge in [-0.05, 0) is 35.9 Å². The molecular weight excluding hydrogens is 390 g/mol. The Morgan fingerprint density at radius 2 is 2.04 bits per heavy atom. The maximum atomic E-state index is 11.7. The van der Waals surface area contributed by atoms with E-state index in [1.165, 1.54) is 0 Å². The van der Waals surface area contributed by atoms with Crippen LogP contribution in [0.4, 0.5) is 0 Å². The fourth-order valence-electron chi connectivity index (χ4n) is 2.57. The molecule has 0 saturated heterocycles. The van der Waals surface area contributed by atoms with Gasteiger partial charge in [0.05, 0.1) is 22.8 Å². The maximum Gasteiger partial charge on any atom is 0.223 e. The molecule has 2 aromatic rings. The van der Waals surface area contributed by atoms with Crippen LogP contribution in [-0.2, 0) is 15.4 Å². The average Bonchev–Trinajstić information content (AvgIpc) is 2.59. The van der Waals surface area contributed by atoms with Crippen molar-refractivity contribution in [2.45, 2.75) is 45.8 Å². The molecule has 2 rings (SSSR count). The first-order valence-electron chi connectivity index (χ1n) is 8.47. The van der Waals surface area contributed by atoms with Crippen LogP contribution in [0.3, 0.4) is 0 Å². The molecule has 8 nitrogen and oxygen atoms in total. The number of azide groups is 1. The summed E-state index contributed by atoms with van der Waals surface area (Å²) in [5.41, 5.74) is 8.68. The minimum atomic E-state index is -3.06. The summed E-state index contributed by atoms with van der Waals surface area (Å²) in [6.07, 6.45) is 3.13. The summed E-state index contributed by atoms with van der Waals surface area (Å²) in [7, 11) is -3.06. The van der Waals surface area contributed by atoms with Crippen LogP contribution in [0, 0.1) is 0 Å². The molecule has 10 heteroatoms. The van der Waals surface area contributed by atoms with Gasteiger partial charge in [0.15, 0.2) is 0 Å². The predicted octanol–water partition coefficient (Wildman–Crippen LogP) is 4.42. The Bertz CT molecular complexity index is 987. The molecule has 0 bridgehead atoms. The van der Waals surface area contributed by atoms with Crippen LogP contribution >= 0.6 is 11.6 Å². The Balaban J connectivity index is 2.41. The number of aromatic nitrogens is 2. The summed E-state index contributed by atoms with van der Waals surface area (Å²) < 4.78 is 29.2. The molecule has 0 aliphatic carbocycles. The molecule has 0 aromatic carbocycles. The molecule has 0 amide bonds.